The quantitative estimate of drug-likeness (QED) is 0.114. The van der Waals surface area contributed by atoms with Gasteiger partial charge in [-0.15, -0.1) is 36.4 Å². The smallest absolute Gasteiger partial charge is 0.364 e. The summed E-state index contributed by atoms with van der Waals surface area (Å²) in [6.45, 7) is 4.35. The minimum atomic E-state index is -0.800. The molecule has 2 aliphatic rings. The topological polar surface area (TPSA) is 40.6 Å². The van der Waals surface area contributed by atoms with Crippen LogP contribution in [0.25, 0.3) is 0 Å². The van der Waals surface area contributed by atoms with Gasteiger partial charge >= 0.3 is 21.7 Å². The van der Waals surface area contributed by atoms with E-state index in [1.165, 1.54) is 21.9 Å². The van der Waals surface area contributed by atoms with Crippen molar-refractivity contribution < 1.29 is 48.9 Å². The first-order chi connectivity index (χ1) is 23.3. The van der Waals surface area contributed by atoms with Crippen LogP contribution in [0.15, 0.2) is 84.9 Å². The van der Waals surface area contributed by atoms with Crippen LogP contribution in [-0.4, -0.2) is 24.9 Å². The van der Waals surface area contributed by atoms with E-state index in [1.54, 1.807) is 13.8 Å². The van der Waals surface area contributed by atoms with Gasteiger partial charge in [0.1, 0.15) is 0 Å². The van der Waals surface area contributed by atoms with E-state index in [0.29, 0.717) is 13.1 Å². The summed E-state index contributed by atoms with van der Waals surface area (Å²) in [4.78, 5) is 27.6. The molecule has 0 N–H and O–H groups in total. The Balaban J connectivity index is 0.000000260. The van der Waals surface area contributed by atoms with Crippen LogP contribution in [0.3, 0.4) is 0 Å². The summed E-state index contributed by atoms with van der Waals surface area (Å²) in [6, 6.07) is 28.9. The molecule has 0 aromatic heterocycles. The Kier molecular flexibility index (Phi) is 19.6. The van der Waals surface area contributed by atoms with Crippen molar-refractivity contribution in [2.24, 2.45) is 11.8 Å². The maximum Gasteiger partial charge on any atom is 4.00 e. The van der Waals surface area contributed by atoms with Gasteiger partial charge < -0.3 is 9.80 Å². The van der Waals surface area contributed by atoms with Gasteiger partial charge in [-0.05, 0) is 50.9 Å². The molecule has 2 aliphatic carbocycles. The molecule has 0 unspecified atom stereocenters. The summed E-state index contributed by atoms with van der Waals surface area (Å²) in [5.41, 5.74) is 0.249. The Morgan fingerprint density at radius 1 is 0.612 bits per heavy atom. The van der Waals surface area contributed by atoms with Gasteiger partial charge in [0.05, 0.1) is 0 Å². The summed E-state index contributed by atoms with van der Waals surface area (Å²) < 4.78 is 53.2. The molecule has 0 atom stereocenters. The molecule has 0 radical (unpaired) electrons. The molecule has 0 bridgehead atoms. The third-order valence-corrected chi connectivity index (χ3v) is 8.45. The fraction of sp³-hybridized carbons (Fsp3) is 0.400. The molecule has 4 nitrogen and oxygen atoms in total. The van der Waals surface area contributed by atoms with Crippen molar-refractivity contribution in [3.63, 3.8) is 0 Å². The van der Waals surface area contributed by atoms with E-state index in [2.05, 4.69) is 0 Å². The van der Waals surface area contributed by atoms with Gasteiger partial charge in [-0.2, -0.15) is 36.4 Å². The van der Waals surface area contributed by atoms with Crippen LogP contribution in [0.4, 0.5) is 28.9 Å². The van der Waals surface area contributed by atoms with Gasteiger partial charge in [-0.3, -0.25) is 9.59 Å². The molecule has 2 fully saturated rings. The Morgan fingerprint density at radius 2 is 0.939 bits per heavy atom. The number of carbonyl (C=O) groups excluding carboxylic acids is 2. The van der Waals surface area contributed by atoms with Gasteiger partial charge in [0.25, 0.3) is 0 Å². The largest absolute Gasteiger partial charge is 4.00 e. The van der Waals surface area contributed by atoms with Crippen molar-refractivity contribution >= 4 is 23.2 Å². The predicted octanol–water partition coefficient (Wildman–Crippen LogP) is 10.2. The molecule has 9 heteroatoms. The summed E-state index contributed by atoms with van der Waals surface area (Å²) >= 11 is 0. The Bertz CT molecular complexity index is 1320. The van der Waals surface area contributed by atoms with Gasteiger partial charge in [0.15, 0.2) is 0 Å². The fourth-order valence-corrected chi connectivity index (χ4v) is 5.96. The van der Waals surface area contributed by atoms with Crippen LogP contribution < -0.4 is 9.80 Å². The van der Waals surface area contributed by atoms with Crippen molar-refractivity contribution in [2.75, 3.05) is 22.9 Å². The number of rotatable bonds is 6. The zero-order valence-corrected chi connectivity index (χ0v) is 30.0. The maximum absolute atomic E-state index is 13.7. The molecule has 6 rings (SSSR count). The molecule has 2 amide bonds. The zero-order valence-electron chi connectivity index (χ0n) is 28.4. The first kappa shape index (κ1) is 41.7. The molecule has 4 aromatic carbocycles. The third-order valence-electron chi connectivity index (χ3n) is 8.45. The van der Waals surface area contributed by atoms with Crippen LogP contribution >= 0.6 is 0 Å². The van der Waals surface area contributed by atoms with E-state index in [0.717, 1.165) is 76.3 Å². The number of hydrogen-bond donors (Lipinski definition) is 0. The van der Waals surface area contributed by atoms with E-state index in [9.17, 15) is 27.2 Å². The molecule has 49 heavy (non-hydrogen) atoms. The van der Waals surface area contributed by atoms with Crippen LogP contribution in [-0.2, 0) is 31.3 Å². The van der Waals surface area contributed by atoms with Gasteiger partial charge in [-0.1, -0.05) is 38.5 Å². The number of nitrogens with zero attached hydrogens (tertiary/aromatic N) is 2. The molecule has 0 aliphatic heterocycles. The monoisotopic (exact) mass is 710 g/mol. The minimum Gasteiger partial charge on any atom is -0.364 e. The number of carbonyl (C=O) groups is 2. The second-order valence-corrected chi connectivity index (χ2v) is 11.8. The Morgan fingerprint density at radius 3 is 1.18 bits per heavy atom. The van der Waals surface area contributed by atoms with Crippen LogP contribution in [0.2, 0.25) is 0 Å². The molecule has 0 saturated heterocycles. The first-order valence-electron chi connectivity index (χ1n) is 17.0. The van der Waals surface area contributed by atoms with Crippen molar-refractivity contribution in [1.82, 2.24) is 0 Å². The van der Waals surface area contributed by atoms with Crippen molar-refractivity contribution in [2.45, 2.75) is 78.1 Å². The first-order valence-corrected chi connectivity index (χ1v) is 17.0. The zero-order chi connectivity index (χ0) is 34.7. The van der Waals surface area contributed by atoms with E-state index in [4.69, 9.17) is 0 Å². The van der Waals surface area contributed by atoms with Crippen LogP contribution in [0, 0.1) is 47.2 Å². The Hall–Kier alpha value is -3.49. The van der Waals surface area contributed by atoms with E-state index in [1.807, 2.05) is 72.8 Å². The number of anilines is 2. The number of benzene rings is 2. The Labute approximate surface area is 304 Å². The summed E-state index contributed by atoms with van der Waals surface area (Å²) in [5, 5.41) is 0. The molecule has 2 saturated carbocycles. The van der Waals surface area contributed by atoms with Crippen LogP contribution in [0.5, 0.6) is 0 Å². The molecular weight excluding hydrogens is 664 g/mol. The van der Waals surface area contributed by atoms with Crippen molar-refractivity contribution in [3.8, 4) is 0 Å². The SMILES string of the molecule is CCN(C(=O)C1CCCCC1)c1ccc(F)[c-]c1F.CCN(C(=O)C1CCCCC1)c1ccc(F)[c-]c1F.[Ti+4].c1cc[cH-]c1.c1cc[cH-]c1. The number of hydrogen-bond acceptors (Lipinski definition) is 2. The number of halogens is 4. The number of amides is 2. The average molecular weight is 711 g/mol. The summed E-state index contributed by atoms with van der Waals surface area (Å²) in [6.07, 6.45) is 9.96. The second-order valence-electron chi connectivity index (χ2n) is 11.8. The second kappa shape index (κ2) is 23.0. The van der Waals surface area contributed by atoms with Gasteiger partial charge in [0, 0.05) is 48.2 Å². The molecule has 0 spiro atoms. The predicted molar refractivity (Wildman–Crippen MR) is 184 cm³/mol. The van der Waals surface area contributed by atoms with Crippen molar-refractivity contribution in [3.05, 3.63) is 120 Å². The fourth-order valence-electron chi connectivity index (χ4n) is 5.96. The van der Waals surface area contributed by atoms with Gasteiger partial charge in [0.2, 0.25) is 11.8 Å². The average Bonchev–Trinajstić information content (AvgIpc) is 3.89. The normalized spacial score (nSPS) is 14.3. The summed E-state index contributed by atoms with van der Waals surface area (Å²) in [5.74, 6) is -3.26. The van der Waals surface area contributed by atoms with Crippen molar-refractivity contribution in [1.29, 1.82) is 0 Å². The van der Waals surface area contributed by atoms with Gasteiger partial charge in [-0.25, -0.2) is 41.8 Å². The molecule has 0 heterocycles. The van der Waals surface area contributed by atoms with E-state index < -0.39 is 23.3 Å². The molecular formula is C40H46F4N2O2Ti. The molecule has 260 valence electrons. The van der Waals surface area contributed by atoms with E-state index in [-0.39, 0.29) is 56.7 Å². The summed E-state index contributed by atoms with van der Waals surface area (Å²) in [7, 11) is 0. The minimum absolute atomic E-state index is 0. The van der Waals surface area contributed by atoms with Crippen LogP contribution in [0.1, 0.15) is 78.1 Å². The molecule has 4 aromatic rings. The van der Waals surface area contributed by atoms with E-state index >= 15 is 0 Å². The standard InChI is InChI=1S/2C15H18F2NO.2C5H5.Ti/c2*1-2-18(14-9-8-12(16)10-13(14)17)15(19)11-6-4-3-5-7-11;2*1-2-4-5-3-1;/h2*8-9,11H,2-7H2,1H3;2*1-5H;/q4*-1;+4. The third kappa shape index (κ3) is 13.7. The maximum atomic E-state index is 13.7.